The van der Waals surface area contributed by atoms with Crippen molar-refractivity contribution in [2.75, 3.05) is 32.4 Å². The Kier molecular flexibility index (Phi) is 8.18. The fourth-order valence-electron chi connectivity index (χ4n) is 3.77. The SMILES string of the molecule is COc1ccc(-c2nnc(SCCC(=O)Nc3nc4ccc(OC)cc4s3)nc2-c2ccc(OC)cc2)cc1. The summed E-state index contributed by atoms with van der Waals surface area (Å²) in [7, 11) is 4.87. The largest absolute Gasteiger partial charge is 0.497 e. The van der Waals surface area contributed by atoms with Gasteiger partial charge in [-0.15, -0.1) is 10.2 Å². The third-order valence-electron chi connectivity index (χ3n) is 5.80. The summed E-state index contributed by atoms with van der Waals surface area (Å²) < 4.78 is 16.8. The van der Waals surface area contributed by atoms with E-state index in [1.165, 1.54) is 23.1 Å². The normalized spacial score (nSPS) is 10.8. The Morgan fingerprint density at radius 2 is 1.41 bits per heavy atom. The van der Waals surface area contributed by atoms with Crippen molar-refractivity contribution < 1.29 is 19.0 Å². The lowest BCUT2D eigenvalue weighted by molar-refractivity contribution is -0.115. The number of aromatic nitrogens is 4. The molecule has 2 aromatic heterocycles. The topological polar surface area (TPSA) is 108 Å². The number of amides is 1. The summed E-state index contributed by atoms with van der Waals surface area (Å²) in [5.41, 5.74) is 3.90. The molecule has 0 radical (unpaired) electrons. The van der Waals surface area contributed by atoms with Crippen LogP contribution in [0.2, 0.25) is 0 Å². The number of carbonyl (C=O) groups is 1. The Bertz CT molecular complexity index is 1590. The van der Waals surface area contributed by atoms with Gasteiger partial charge in [0.25, 0.3) is 0 Å². The minimum Gasteiger partial charge on any atom is -0.497 e. The summed E-state index contributed by atoms with van der Waals surface area (Å²) in [6, 6.07) is 20.8. The van der Waals surface area contributed by atoms with Gasteiger partial charge in [-0.2, -0.15) is 0 Å². The Hall–Kier alpha value is -4.22. The van der Waals surface area contributed by atoms with Crippen LogP contribution in [0.25, 0.3) is 32.7 Å². The number of rotatable bonds is 10. The van der Waals surface area contributed by atoms with E-state index < -0.39 is 0 Å². The van der Waals surface area contributed by atoms with Crippen LogP contribution in [0.4, 0.5) is 5.13 Å². The average molecular weight is 560 g/mol. The summed E-state index contributed by atoms with van der Waals surface area (Å²) in [6.07, 6.45) is 0.269. The summed E-state index contributed by atoms with van der Waals surface area (Å²) in [5.74, 6) is 2.60. The van der Waals surface area contributed by atoms with Crippen molar-refractivity contribution in [3.05, 3.63) is 66.7 Å². The monoisotopic (exact) mass is 559 g/mol. The van der Waals surface area contributed by atoms with Crippen molar-refractivity contribution >= 4 is 44.4 Å². The van der Waals surface area contributed by atoms with E-state index in [0.717, 1.165) is 38.6 Å². The molecule has 5 aromatic rings. The van der Waals surface area contributed by atoms with Gasteiger partial charge in [-0.25, -0.2) is 9.97 Å². The molecule has 5 rings (SSSR count). The van der Waals surface area contributed by atoms with Gasteiger partial charge in [-0.3, -0.25) is 4.79 Å². The number of thioether (sulfide) groups is 1. The molecule has 0 aliphatic carbocycles. The highest BCUT2D eigenvalue weighted by Gasteiger charge is 2.15. The van der Waals surface area contributed by atoms with Gasteiger partial charge in [-0.05, 0) is 66.7 Å². The van der Waals surface area contributed by atoms with E-state index in [2.05, 4.69) is 20.5 Å². The number of benzene rings is 3. The molecule has 9 nitrogen and oxygen atoms in total. The quantitative estimate of drug-likeness (QED) is 0.207. The number of thiazole rings is 1. The lowest BCUT2D eigenvalue weighted by atomic mass is 10.0. The lowest BCUT2D eigenvalue weighted by Crippen LogP contribution is -2.12. The van der Waals surface area contributed by atoms with Crippen LogP contribution in [0.5, 0.6) is 17.2 Å². The maximum atomic E-state index is 12.6. The molecule has 3 aromatic carbocycles. The predicted molar refractivity (Wildman–Crippen MR) is 154 cm³/mol. The van der Waals surface area contributed by atoms with E-state index in [0.29, 0.717) is 27.4 Å². The Morgan fingerprint density at radius 1 is 0.795 bits per heavy atom. The number of hydrogen-bond donors (Lipinski definition) is 1. The number of nitrogens with zero attached hydrogens (tertiary/aromatic N) is 4. The van der Waals surface area contributed by atoms with E-state index in [9.17, 15) is 4.79 Å². The number of nitrogens with one attached hydrogen (secondary N) is 1. The first kappa shape index (κ1) is 26.4. The molecule has 0 atom stereocenters. The third-order valence-corrected chi connectivity index (χ3v) is 7.57. The van der Waals surface area contributed by atoms with Crippen LogP contribution in [0.15, 0.2) is 71.9 Å². The molecule has 1 N–H and O–H groups in total. The zero-order chi connectivity index (χ0) is 27.2. The van der Waals surface area contributed by atoms with Crippen LogP contribution in [-0.2, 0) is 4.79 Å². The highest BCUT2D eigenvalue weighted by molar-refractivity contribution is 7.99. The first-order valence-corrected chi connectivity index (χ1v) is 13.8. The van der Waals surface area contributed by atoms with Gasteiger partial charge in [0.05, 0.1) is 31.5 Å². The minimum atomic E-state index is -0.133. The first-order chi connectivity index (χ1) is 19.1. The second-order valence-electron chi connectivity index (χ2n) is 8.25. The molecular formula is C28H25N5O4S2. The minimum absolute atomic E-state index is 0.133. The van der Waals surface area contributed by atoms with E-state index in [4.69, 9.17) is 19.2 Å². The Balaban J connectivity index is 1.29. The second kappa shape index (κ2) is 12.1. The van der Waals surface area contributed by atoms with Gasteiger partial charge < -0.3 is 19.5 Å². The van der Waals surface area contributed by atoms with Crippen LogP contribution in [0.3, 0.4) is 0 Å². The molecule has 0 fully saturated rings. The van der Waals surface area contributed by atoms with Gasteiger partial charge in [0.1, 0.15) is 28.6 Å². The fraction of sp³-hybridized carbons (Fsp3) is 0.179. The molecular weight excluding hydrogens is 534 g/mol. The summed E-state index contributed by atoms with van der Waals surface area (Å²) in [4.78, 5) is 21.9. The van der Waals surface area contributed by atoms with Crippen molar-refractivity contribution in [1.82, 2.24) is 20.2 Å². The first-order valence-electron chi connectivity index (χ1n) is 12.0. The zero-order valence-corrected chi connectivity index (χ0v) is 23.1. The number of methoxy groups -OCH3 is 3. The molecule has 198 valence electrons. The van der Waals surface area contributed by atoms with Gasteiger partial charge in [-0.1, -0.05) is 23.1 Å². The summed E-state index contributed by atoms with van der Waals surface area (Å²) in [5, 5.41) is 12.8. The van der Waals surface area contributed by atoms with Gasteiger partial charge in [0.2, 0.25) is 11.1 Å². The molecule has 0 unspecified atom stereocenters. The van der Waals surface area contributed by atoms with Crippen LogP contribution in [0.1, 0.15) is 6.42 Å². The van der Waals surface area contributed by atoms with Crippen molar-refractivity contribution in [1.29, 1.82) is 0 Å². The van der Waals surface area contributed by atoms with Gasteiger partial charge in [0, 0.05) is 23.3 Å². The van der Waals surface area contributed by atoms with Crippen molar-refractivity contribution in [2.24, 2.45) is 0 Å². The Labute approximate surface area is 233 Å². The third kappa shape index (κ3) is 6.27. The number of ether oxygens (including phenoxy) is 3. The number of anilines is 1. The zero-order valence-electron chi connectivity index (χ0n) is 21.5. The van der Waals surface area contributed by atoms with Gasteiger partial charge in [0.15, 0.2) is 5.13 Å². The second-order valence-corrected chi connectivity index (χ2v) is 10.3. The number of carbonyl (C=O) groups excluding carboxylic acids is 1. The molecule has 11 heteroatoms. The van der Waals surface area contributed by atoms with Crippen molar-refractivity contribution in [3.8, 4) is 39.8 Å². The van der Waals surface area contributed by atoms with E-state index >= 15 is 0 Å². The average Bonchev–Trinajstić information content (AvgIpc) is 3.38. The molecule has 0 aliphatic rings. The molecule has 2 heterocycles. The van der Waals surface area contributed by atoms with E-state index in [1.54, 1.807) is 21.3 Å². The van der Waals surface area contributed by atoms with E-state index in [-0.39, 0.29) is 12.3 Å². The molecule has 1 amide bonds. The highest BCUT2D eigenvalue weighted by Crippen LogP contribution is 2.32. The smallest absolute Gasteiger partial charge is 0.226 e. The lowest BCUT2D eigenvalue weighted by Gasteiger charge is -2.10. The summed E-state index contributed by atoms with van der Waals surface area (Å²) in [6.45, 7) is 0. The van der Waals surface area contributed by atoms with E-state index in [1.807, 2.05) is 66.7 Å². The maximum Gasteiger partial charge on any atom is 0.226 e. The van der Waals surface area contributed by atoms with Crippen LogP contribution < -0.4 is 19.5 Å². The number of hydrogen-bond acceptors (Lipinski definition) is 10. The van der Waals surface area contributed by atoms with Crippen LogP contribution in [0, 0.1) is 0 Å². The van der Waals surface area contributed by atoms with Crippen LogP contribution >= 0.6 is 23.1 Å². The molecule has 39 heavy (non-hydrogen) atoms. The summed E-state index contributed by atoms with van der Waals surface area (Å²) >= 11 is 2.78. The molecule has 0 aliphatic heterocycles. The molecule has 0 saturated heterocycles. The van der Waals surface area contributed by atoms with Crippen molar-refractivity contribution in [2.45, 2.75) is 11.6 Å². The highest BCUT2D eigenvalue weighted by atomic mass is 32.2. The maximum absolute atomic E-state index is 12.6. The van der Waals surface area contributed by atoms with Gasteiger partial charge >= 0.3 is 0 Å². The molecule has 0 spiro atoms. The molecule has 0 bridgehead atoms. The van der Waals surface area contributed by atoms with Crippen molar-refractivity contribution in [3.63, 3.8) is 0 Å². The van der Waals surface area contributed by atoms with Crippen LogP contribution in [-0.4, -0.2) is 53.2 Å². The fourth-order valence-corrected chi connectivity index (χ4v) is 5.40. The predicted octanol–water partition coefficient (Wildman–Crippen LogP) is 5.96. The molecule has 0 saturated carbocycles. The Morgan fingerprint density at radius 3 is 2.05 bits per heavy atom. The number of fused-ring (bicyclic) bond motifs is 1. The standard InChI is InChI=1S/C28H25N5O4S2/c1-35-19-8-4-17(5-9-19)25-26(18-6-10-20(36-2)11-7-18)32-33-28(31-25)38-15-14-24(34)30-27-29-22-13-12-21(37-3)16-23(22)39-27/h4-13,16H,14-15H2,1-3H3,(H,29,30,34).